The molecule has 0 bridgehead atoms. The molecule has 11 heteroatoms. The number of halogens is 6. The van der Waals surface area contributed by atoms with Crippen LogP contribution < -0.4 is 15.2 Å². The maximum absolute atomic E-state index is 13.2. The van der Waals surface area contributed by atoms with Crippen LogP contribution in [0.3, 0.4) is 0 Å². The monoisotopic (exact) mass is 382 g/mol. The van der Waals surface area contributed by atoms with E-state index in [4.69, 9.17) is 17.0 Å². The number of rotatable bonds is 1. The minimum atomic E-state index is -4.86. The highest BCUT2D eigenvalue weighted by molar-refractivity contribution is 7.80. The normalized spacial score (nSPS) is 15.3. The summed E-state index contributed by atoms with van der Waals surface area (Å²) in [7, 11) is 0. The molecule has 2 aromatic rings. The van der Waals surface area contributed by atoms with Gasteiger partial charge in [0.25, 0.3) is 0 Å². The number of benzene rings is 1. The van der Waals surface area contributed by atoms with Crippen molar-refractivity contribution < 1.29 is 31.1 Å². The molecule has 4 nitrogen and oxygen atoms in total. The number of aromatic amines is 1. The molecule has 0 radical (unpaired) electrons. The Hall–Kier alpha value is -2.30. The van der Waals surface area contributed by atoms with E-state index >= 15 is 0 Å². The lowest BCUT2D eigenvalue weighted by molar-refractivity contribution is -0.136. The lowest BCUT2D eigenvalue weighted by Crippen LogP contribution is -2.43. The van der Waals surface area contributed by atoms with E-state index in [1.807, 2.05) is 0 Å². The zero-order valence-electron chi connectivity index (χ0n) is 12.1. The van der Waals surface area contributed by atoms with Crippen molar-refractivity contribution in [2.24, 2.45) is 0 Å². The third kappa shape index (κ3) is 3.41. The van der Waals surface area contributed by atoms with E-state index in [2.05, 4.69) is 4.98 Å². The van der Waals surface area contributed by atoms with Gasteiger partial charge in [-0.3, -0.25) is 4.79 Å². The first-order valence-electron chi connectivity index (χ1n) is 6.74. The molecule has 1 aromatic carbocycles. The Morgan fingerprint density at radius 1 is 1.16 bits per heavy atom. The first kappa shape index (κ1) is 17.5. The number of alkyl halides is 6. The van der Waals surface area contributed by atoms with Gasteiger partial charge in [0, 0.05) is 17.5 Å². The molecule has 2 heterocycles. The Bertz CT molecular complexity index is 918. The molecule has 25 heavy (non-hydrogen) atoms. The first-order valence-corrected chi connectivity index (χ1v) is 7.15. The van der Waals surface area contributed by atoms with Gasteiger partial charge in [-0.1, -0.05) is 12.2 Å². The van der Waals surface area contributed by atoms with E-state index in [0.717, 1.165) is 12.1 Å². The number of ether oxygens (including phenoxy) is 1. The highest BCUT2D eigenvalue weighted by Crippen LogP contribution is 2.41. The molecule has 134 valence electrons. The third-order valence-electron chi connectivity index (χ3n) is 3.51. The Balaban J connectivity index is 2.26. The van der Waals surface area contributed by atoms with Crippen LogP contribution >= 0.6 is 12.2 Å². The van der Waals surface area contributed by atoms with Gasteiger partial charge in [0.2, 0.25) is 5.56 Å². The smallest absolute Gasteiger partial charge is 0.417 e. The molecule has 0 aliphatic carbocycles. The quantitative estimate of drug-likeness (QED) is 0.604. The number of nitrogens with one attached hydrogen (secondary N) is 1. The van der Waals surface area contributed by atoms with Crippen molar-refractivity contribution in [3.63, 3.8) is 0 Å². The molecule has 1 aliphatic rings. The van der Waals surface area contributed by atoms with Gasteiger partial charge in [0.05, 0.1) is 16.8 Å². The summed E-state index contributed by atoms with van der Waals surface area (Å²) in [5, 5.41) is -0.452. The summed E-state index contributed by atoms with van der Waals surface area (Å²) in [5.74, 6) is -0.0969. The molecule has 0 unspecified atom stereocenters. The maximum atomic E-state index is 13.2. The van der Waals surface area contributed by atoms with Gasteiger partial charge in [-0.2, -0.15) is 26.3 Å². The summed E-state index contributed by atoms with van der Waals surface area (Å²) in [4.78, 5) is 14.1. The number of hydrogen-bond donors (Lipinski definition) is 1. The topological polar surface area (TPSA) is 45.3 Å². The fourth-order valence-corrected chi connectivity index (χ4v) is 2.76. The van der Waals surface area contributed by atoms with Gasteiger partial charge >= 0.3 is 12.4 Å². The number of nitrogens with zero attached hydrogens (tertiary/aromatic N) is 1. The largest absolute Gasteiger partial charge is 0.484 e. The number of anilines is 1. The zero-order chi connectivity index (χ0) is 18.6. The first-order chi connectivity index (χ1) is 11.5. The number of pyridine rings is 1. The number of thiocarbonyl (C=S) groups is 1. The van der Waals surface area contributed by atoms with Crippen molar-refractivity contribution in [3.05, 3.63) is 34.1 Å². The van der Waals surface area contributed by atoms with Crippen LogP contribution in [0.5, 0.6) is 5.75 Å². The van der Waals surface area contributed by atoms with Crippen molar-refractivity contribution in [2.45, 2.75) is 12.4 Å². The predicted octanol–water partition coefficient (Wildman–Crippen LogP) is 3.64. The Labute approximate surface area is 141 Å². The van der Waals surface area contributed by atoms with Crippen LogP contribution in [0, 0.1) is 0 Å². The summed E-state index contributed by atoms with van der Waals surface area (Å²) in [6, 6.07) is 2.30. The second kappa shape index (κ2) is 5.61. The molecule has 0 amide bonds. The molecule has 0 saturated heterocycles. The summed E-state index contributed by atoms with van der Waals surface area (Å²) >= 11 is 4.84. The highest BCUT2D eigenvalue weighted by atomic mass is 32.1. The van der Waals surface area contributed by atoms with Crippen molar-refractivity contribution in [1.29, 1.82) is 0 Å². The number of fused-ring (bicyclic) bond motifs is 2. The molecular weight excluding hydrogens is 374 g/mol. The standard InChI is InChI=1S/C14H8F6N2O2S/c15-13(16,17)5-22-9-1-6-7(14(18,19)20)2-11(23)21-8(6)3-10(9)24-4-12(22)25/h1-3H,4-5H2,(H,21,23). The Morgan fingerprint density at radius 2 is 1.84 bits per heavy atom. The van der Waals surface area contributed by atoms with E-state index in [-0.39, 0.29) is 28.5 Å². The van der Waals surface area contributed by atoms with Crippen LogP contribution in [0.4, 0.5) is 32.0 Å². The van der Waals surface area contributed by atoms with E-state index in [0.29, 0.717) is 11.0 Å². The minimum absolute atomic E-state index is 0.0969. The van der Waals surface area contributed by atoms with Crippen molar-refractivity contribution in [3.8, 4) is 5.75 Å². The van der Waals surface area contributed by atoms with Gasteiger partial charge < -0.3 is 14.6 Å². The molecule has 3 rings (SSSR count). The Kier molecular flexibility index (Phi) is 3.93. The SMILES string of the molecule is O=c1cc(C(F)(F)F)c2cc3c(cc2[nH]1)OCC(=S)N3CC(F)(F)F. The molecule has 0 fully saturated rings. The maximum Gasteiger partial charge on any atom is 0.417 e. The average Bonchev–Trinajstić information content (AvgIpc) is 2.46. The van der Waals surface area contributed by atoms with Crippen molar-refractivity contribution in [2.75, 3.05) is 18.1 Å². The second-order valence-corrected chi connectivity index (χ2v) is 5.77. The molecule has 1 aliphatic heterocycles. The van der Waals surface area contributed by atoms with Gasteiger partial charge in [-0.25, -0.2) is 0 Å². The molecule has 0 spiro atoms. The summed E-state index contributed by atoms with van der Waals surface area (Å²) < 4.78 is 83.0. The van der Waals surface area contributed by atoms with Gasteiger partial charge in [-0.05, 0) is 6.07 Å². The number of H-pyrrole nitrogens is 1. The van der Waals surface area contributed by atoms with Gasteiger partial charge in [0.15, 0.2) is 0 Å². The summed E-state index contributed by atoms with van der Waals surface area (Å²) in [6.45, 7) is -1.79. The van der Waals surface area contributed by atoms with Crippen molar-refractivity contribution in [1.82, 2.24) is 4.98 Å². The fraction of sp³-hybridized carbons (Fsp3) is 0.286. The number of aromatic nitrogens is 1. The van der Waals surface area contributed by atoms with Crippen LogP contribution in [-0.2, 0) is 6.18 Å². The molecule has 1 aromatic heterocycles. The summed E-state index contributed by atoms with van der Waals surface area (Å²) in [5.41, 5.74) is -2.67. The zero-order valence-corrected chi connectivity index (χ0v) is 12.9. The number of hydrogen-bond acceptors (Lipinski definition) is 3. The van der Waals surface area contributed by atoms with Crippen LogP contribution in [0.15, 0.2) is 23.0 Å². The highest BCUT2D eigenvalue weighted by Gasteiger charge is 2.37. The van der Waals surface area contributed by atoms with Crippen LogP contribution in [0.2, 0.25) is 0 Å². The van der Waals surface area contributed by atoms with Gasteiger partial charge in [-0.15, -0.1) is 0 Å². The van der Waals surface area contributed by atoms with E-state index in [1.165, 1.54) is 0 Å². The van der Waals surface area contributed by atoms with Crippen LogP contribution in [-0.4, -0.2) is 29.3 Å². The van der Waals surface area contributed by atoms with E-state index in [9.17, 15) is 31.1 Å². The molecule has 0 atom stereocenters. The second-order valence-electron chi connectivity index (χ2n) is 5.29. The minimum Gasteiger partial charge on any atom is -0.484 e. The predicted molar refractivity (Wildman–Crippen MR) is 81.1 cm³/mol. The van der Waals surface area contributed by atoms with Crippen LogP contribution in [0.25, 0.3) is 10.9 Å². The molecular formula is C14H8F6N2O2S. The Morgan fingerprint density at radius 3 is 2.44 bits per heavy atom. The molecule has 0 saturated carbocycles. The van der Waals surface area contributed by atoms with Crippen LogP contribution in [0.1, 0.15) is 5.56 Å². The van der Waals surface area contributed by atoms with Gasteiger partial charge in [0.1, 0.15) is 23.9 Å². The summed E-state index contributed by atoms with van der Waals surface area (Å²) in [6.07, 6.45) is -9.48. The lowest BCUT2D eigenvalue weighted by atomic mass is 10.1. The van der Waals surface area contributed by atoms with E-state index < -0.39 is 35.4 Å². The third-order valence-corrected chi connectivity index (χ3v) is 3.85. The molecule has 1 N–H and O–H groups in total. The fourth-order valence-electron chi connectivity index (χ4n) is 2.54. The van der Waals surface area contributed by atoms with E-state index in [1.54, 1.807) is 0 Å². The van der Waals surface area contributed by atoms with Crippen molar-refractivity contribution >= 4 is 33.8 Å². The average molecular weight is 382 g/mol. The lowest BCUT2D eigenvalue weighted by Gasteiger charge is -2.32.